The largest absolute Gasteiger partial charge is 0.391 e. The van der Waals surface area contributed by atoms with E-state index in [0.29, 0.717) is 18.4 Å². The molecule has 1 fully saturated rings. The van der Waals surface area contributed by atoms with E-state index in [2.05, 4.69) is 41.6 Å². The van der Waals surface area contributed by atoms with E-state index < -0.39 is 0 Å². The molecule has 0 aromatic heterocycles. The van der Waals surface area contributed by atoms with Crippen LogP contribution in [0.15, 0.2) is 59.8 Å². The zero-order valence-electron chi connectivity index (χ0n) is 13.4. The summed E-state index contributed by atoms with van der Waals surface area (Å²) in [5, 5.41) is 4.58. The predicted octanol–water partition coefficient (Wildman–Crippen LogP) is 5.40. The van der Waals surface area contributed by atoms with Crippen molar-refractivity contribution in [1.29, 1.82) is 0 Å². The molecule has 4 rings (SSSR count). The molecule has 23 heavy (non-hydrogen) atoms. The normalized spacial score (nSPS) is 24.8. The molecule has 0 aliphatic heterocycles. The van der Waals surface area contributed by atoms with Crippen LogP contribution in [0.1, 0.15) is 60.6 Å². The summed E-state index contributed by atoms with van der Waals surface area (Å²) < 4.78 is 0. The zero-order chi connectivity index (χ0) is 15.5. The number of oxime groups is 1. The molecular formula is C21H23NO. The fourth-order valence-electron chi connectivity index (χ4n) is 4.03. The Labute approximate surface area is 138 Å². The van der Waals surface area contributed by atoms with Crippen molar-refractivity contribution in [2.24, 2.45) is 5.16 Å². The highest BCUT2D eigenvalue weighted by atomic mass is 16.6. The van der Waals surface area contributed by atoms with Gasteiger partial charge in [-0.1, -0.05) is 72.6 Å². The van der Waals surface area contributed by atoms with Crippen molar-refractivity contribution in [2.45, 2.75) is 50.5 Å². The molecule has 0 saturated heterocycles. The minimum Gasteiger partial charge on any atom is -0.391 e. The molecule has 2 aliphatic rings. The average Bonchev–Trinajstić information content (AvgIpc) is 2.57. The Morgan fingerprint density at radius 2 is 1.65 bits per heavy atom. The number of hydrogen-bond donors (Lipinski definition) is 0. The van der Waals surface area contributed by atoms with Gasteiger partial charge in [0.2, 0.25) is 0 Å². The van der Waals surface area contributed by atoms with Gasteiger partial charge in [-0.25, -0.2) is 0 Å². The van der Waals surface area contributed by atoms with Crippen LogP contribution in [-0.2, 0) is 11.4 Å². The van der Waals surface area contributed by atoms with Crippen molar-refractivity contribution in [3.05, 3.63) is 71.3 Å². The minimum absolute atomic E-state index is 0.488. The SMILES string of the molecule is c1ccc(CO/N=C2\CCCCCC3c4ccccc4C23)cc1. The van der Waals surface area contributed by atoms with E-state index in [-0.39, 0.29) is 0 Å². The summed E-state index contributed by atoms with van der Waals surface area (Å²) in [6.45, 7) is 0.559. The second-order valence-electron chi connectivity index (χ2n) is 6.65. The Morgan fingerprint density at radius 3 is 2.52 bits per heavy atom. The van der Waals surface area contributed by atoms with Crippen molar-refractivity contribution in [2.75, 3.05) is 0 Å². The molecular weight excluding hydrogens is 282 g/mol. The first-order chi connectivity index (χ1) is 11.4. The molecule has 0 spiro atoms. The number of rotatable bonds is 3. The summed E-state index contributed by atoms with van der Waals surface area (Å²) in [4.78, 5) is 5.71. The third kappa shape index (κ3) is 2.90. The highest BCUT2D eigenvalue weighted by Crippen LogP contribution is 2.51. The van der Waals surface area contributed by atoms with Gasteiger partial charge in [-0.3, -0.25) is 0 Å². The van der Waals surface area contributed by atoms with Crippen LogP contribution >= 0.6 is 0 Å². The lowest BCUT2D eigenvalue weighted by Crippen LogP contribution is -2.32. The van der Waals surface area contributed by atoms with Crippen LogP contribution in [-0.4, -0.2) is 5.71 Å². The molecule has 118 valence electrons. The minimum atomic E-state index is 0.488. The van der Waals surface area contributed by atoms with Crippen LogP contribution in [0, 0.1) is 0 Å². The maximum absolute atomic E-state index is 5.71. The Bertz CT molecular complexity index is 692. The summed E-state index contributed by atoms with van der Waals surface area (Å²) in [7, 11) is 0. The zero-order valence-corrected chi connectivity index (χ0v) is 13.4. The number of nitrogens with zero attached hydrogens (tertiary/aromatic N) is 1. The quantitative estimate of drug-likeness (QED) is 0.695. The van der Waals surface area contributed by atoms with Gasteiger partial charge in [0, 0.05) is 5.92 Å². The van der Waals surface area contributed by atoms with Gasteiger partial charge in [0.05, 0.1) is 5.71 Å². The second-order valence-corrected chi connectivity index (χ2v) is 6.65. The molecule has 0 N–H and O–H groups in total. The number of fused-ring (bicyclic) bond motifs is 4. The summed E-state index contributed by atoms with van der Waals surface area (Å²) in [6, 6.07) is 19.2. The van der Waals surface area contributed by atoms with E-state index in [1.54, 1.807) is 0 Å². The molecule has 2 atom stereocenters. The van der Waals surface area contributed by atoms with Crippen molar-refractivity contribution >= 4 is 5.71 Å². The topological polar surface area (TPSA) is 21.6 Å². The van der Waals surface area contributed by atoms with Crippen LogP contribution in [0.3, 0.4) is 0 Å². The van der Waals surface area contributed by atoms with E-state index in [1.165, 1.54) is 48.1 Å². The smallest absolute Gasteiger partial charge is 0.142 e. The van der Waals surface area contributed by atoms with E-state index in [9.17, 15) is 0 Å². The van der Waals surface area contributed by atoms with Crippen LogP contribution in [0.4, 0.5) is 0 Å². The molecule has 2 heteroatoms. The first kappa shape index (κ1) is 14.5. The average molecular weight is 305 g/mol. The van der Waals surface area contributed by atoms with Crippen LogP contribution < -0.4 is 0 Å². The number of hydrogen-bond acceptors (Lipinski definition) is 2. The van der Waals surface area contributed by atoms with Crippen LogP contribution in [0.25, 0.3) is 0 Å². The third-order valence-electron chi connectivity index (χ3n) is 5.20. The maximum Gasteiger partial charge on any atom is 0.142 e. The standard InChI is InChI=1S/C21H23NO/c1-3-9-16(10-4-1)15-23-22-20-14-6-2-5-12-18-17-11-7-8-13-19(17)21(18)20/h1,3-4,7-11,13,18,21H,2,5-6,12,14-15H2/b22-20+. The Morgan fingerprint density at radius 1 is 0.870 bits per heavy atom. The Balaban J connectivity index is 1.53. The van der Waals surface area contributed by atoms with Crippen molar-refractivity contribution in [3.8, 4) is 0 Å². The molecule has 0 heterocycles. The molecule has 0 bridgehead atoms. The van der Waals surface area contributed by atoms with Crippen LogP contribution in [0.2, 0.25) is 0 Å². The van der Waals surface area contributed by atoms with Gasteiger partial charge in [-0.15, -0.1) is 0 Å². The first-order valence-electron chi connectivity index (χ1n) is 8.75. The van der Waals surface area contributed by atoms with Gasteiger partial charge < -0.3 is 4.84 Å². The molecule has 2 nitrogen and oxygen atoms in total. The molecule has 2 aromatic rings. The fraction of sp³-hybridized carbons (Fsp3) is 0.381. The third-order valence-corrected chi connectivity index (χ3v) is 5.20. The van der Waals surface area contributed by atoms with E-state index in [4.69, 9.17) is 4.84 Å². The molecule has 0 radical (unpaired) electrons. The van der Waals surface area contributed by atoms with Crippen molar-refractivity contribution in [3.63, 3.8) is 0 Å². The highest BCUT2D eigenvalue weighted by molar-refractivity contribution is 5.94. The molecule has 2 aliphatic carbocycles. The number of benzene rings is 2. The van der Waals surface area contributed by atoms with E-state index in [0.717, 1.165) is 6.42 Å². The first-order valence-corrected chi connectivity index (χ1v) is 8.75. The summed E-state index contributed by atoms with van der Waals surface area (Å²) in [5.41, 5.74) is 5.44. The molecule has 1 saturated carbocycles. The van der Waals surface area contributed by atoms with Gasteiger partial charge in [-0.2, -0.15) is 0 Å². The summed E-state index contributed by atoms with van der Waals surface area (Å²) in [6.07, 6.45) is 6.25. The van der Waals surface area contributed by atoms with Crippen molar-refractivity contribution < 1.29 is 4.84 Å². The Kier molecular flexibility index (Phi) is 4.14. The van der Waals surface area contributed by atoms with Crippen LogP contribution in [0.5, 0.6) is 0 Å². The molecule has 2 unspecified atom stereocenters. The van der Waals surface area contributed by atoms with Gasteiger partial charge in [0.25, 0.3) is 0 Å². The maximum atomic E-state index is 5.71. The summed E-state index contributed by atoms with van der Waals surface area (Å²) in [5.74, 6) is 1.15. The fourth-order valence-corrected chi connectivity index (χ4v) is 4.03. The molecule has 2 aromatic carbocycles. The van der Waals surface area contributed by atoms with Gasteiger partial charge in [0.15, 0.2) is 0 Å². The lowest BCUT2D eigenvalue weighted by molar-refractivity contribution is 0.128. The lowest BCUT2D eigenvalue weighted by atomic mass is 9.62. The summed E-state index contributed by atoms with van der Waals surface area (Å²) >= 11 is 0. The monoisotopic (exact) mass is 305 g/mol. The van der Waals surface area contributed by atoms with E-state index in [1.807, 2.05) is 18.2 Å². The van der Waals surface area contributed by atoms with Gasteiger partial charge in [0.1, 0.15) is 6.61 Å². The second kappa shape index (κ2) is 6.57. The van der Waals surface area contributed by atoms with Gasteiger partial charge in [-0.05, 0) is 41.9 Å². The van der Waals surface area contributed by atoms with E-state index >= 15 is 0 Å². The Hall–Kier alpha value is -2.09. The molecule has 0 amide bonds. The lowest BCUT2D eigenvalue weighted by Gasteiger charge is -2.41. The van der Waals surface area contributed by atoms with Gasteiger partial charge >= 0.3 is 0 Å². The van der Waals surface area contributed by atoms with Crippen molar-refractivity contribution in [1.82, 2.24) is 0 Å². The predicted molar refractivity (Wildman–Crippen MR) is 93.7 cm³/mol. The highest BCUT2D eigenvalue weighted by Gasteiger charge is 2.40.